The number of nitrogens with zero attached hydrogens (tertiary/aromatic N) is 1. The van der Waals surface area contributed by atoms with Gasteiger partial charge in [0.15, 0.2) is 5.58 Å². The monoisotopic (exact) mass is 341 g/mol. The zero-order chi connectivity index (χ0) is 16.2. The van der Waals surface area contributed by atoms with E-state index >= 15 is 0 Å². The van der Waals surface area contributed by atoms with Crippen LogP contribution in [0, 0.1) is 0 Å². The minimum absolute atomic E-state index is 0. The van der Waals surface area contributed by atoms with Crippen LogP contribution in [-0.4, -0.2) is 37.7 Å². The fraction of sp³-hybridized carbons (Fsp3) is 0.500. The largest absolute Gasteiger partial charge is 0.440 e. The van der Waals surface area contributed by atoms with Crippen molar-refractivity contribution in [2.24, 2.45) is 0 Å². The fourth-order valence-electron chi connectivity index (χ4n) is 1.91. The van der Waals surface area contributed by atoms with Crippen LogP contribution in [0.15, 0.2) is 22.6 Å². The molecule has 1 aromatic heterocycles. The number of halogens is 1. The van der Waals surface area contributed by atoms with E-state index in [1.807, 2.05) is 39.0 Å². The first-order valence-corrected chi connectivity index (χ1v) is 7.31. The third-order valence-corrected chi connectivity index (χ3v) is 3.08. The number of fused-ring (bicyclic) bond motifs is 1. The van der Waals surface area contributed by atoms with Crippen molar-refractivity contribution >= 4 is 35.1 Å². The molecule has 0 bridgehead atoms. The van der Waals surface area contributed by atoms with E-state index in [1.54, 1.807) is 7.11 Å². The summed E-state index contributed by atoms with van der Waals surface area (Å²) in [6, 6.07) is 5.46. The van der Waals surface area contributed by atoms with Gasteiger partial charge in [-0.25, -0.2) is 4.98 Å². The molecule has 2 aromatic rings. The van der Waals surface area contributed by atoms with Gasteiger partial charge in [0.2, 0.25) is 11.8 Å². The lowest BCUT2D eigenvalue weighted by atomic mass is 9.97. The van der Waals surface area contributed by atoms with Crippen molar-refractivity contribution in [1.29, 1.82) is 0 Å². The molecule has 1 heterocycles. The second-order valence-corrected chi connectivity index (χ2v) is 6.17. The molecule has 0 saturated carbocycles. The van der Waals surface area contributed by atoms with Crippen LogP contribution < -0.4 is 10.6 Å². The van der Waals surface area contributed by atoms with Gasteiger partial charge in [-0.15, -0.1) is 12.4 Å². The Morgan fingerprint density at radius 2 is 2.09 bits per heavy atom. The summed E-state index contributed by atoms with van der Waals surface area (Å²) in [6.45, 7) is 7.60. The van der Waals surface area contributed by atoms with Gasteiger partial charge in [0.25, 0.3) is 0 Å². The standard InChI is InChI=1S/C16H23N3O3.ClH/c1-16(2,3)15-19-12-9-11(5-6-13(12)22-15)18-14(20)10-17-7-8-21-4;/h5-6,9,17H,7-8,10H2,1-4H3,(H,18,20);1H. The van der Waals surface area contributed by atoms with Crippen LogP contribution >= 0.6 is 12.4 Å². The van der Waals surface area contributed by atoms with E-state index in [1.165, 1.54) is 0 Å². The van der Waals surface area contributed by atoms with Crippen molar-refractivity contribution in [3.8, 4) is 0 Å². The molecule has 0 radical (unpaired) electrons. The Balaban J connectivity index is 0.00000264. The van der Waals surface area contributed by atoms with Crippen molar-refractivity contribution in [3.05, 3.63) is 24.1 Å². The molecule has 7 heteroatoms. The molecule has 0 fully saturated rings. The molecule has 1 amide bonds. The molecule has 128 valence electrons. The summed E-state index contributed by atoms with van der Waals surface area (Å²) in [7, 11) is 1.63. The van der Waals surface area contributed by atoms with Crippen molar-refractivity contribution in [3.63, 3.8) is 0 Å². The van der Waals surface area contributed by atoms with Gasteiger partial charge in [0.1, 0.15) is 5.52 Å². The van der Waals surface area contributed by atoms with Crippen LogP contribution in [-0.2, 0) is 14.9 Å². The second-order valence-electron chi connectivity index (χ2n) is 6.17. The summed E-state index contributed by atoms with van der Waals surface area (Å²) in [5.41, 5.74) is 2.03. The van der Waals surface area contributed by atoms with E-state index in [-0.39, 0.29) is 30.3 Å². The normalized spacial score (nSPS) is 11.3. The average molecular weight is 342 g/mol. The molecule has 23 heavy (non-hydrogen) atoms. The Bertz CT molecular complexity index is 650. The predicted molar refractivity (Wildman–Crippen MR) is 93.3 cm³/mol. The number of aromatic nitrogens is 1. The SMILES string of the molecule is COCCNCC(=O)Nc1ccc2oc(C(C)(C)C)nc2c1.Cl. The summed E-state index contributed by atoms with van der Waals surface area (Å²) in [6.07, 6.45) is 0. The summed E-state index contributed by atoms with van der Waals surface area (Å²) in [5.74, 6) is 0.585. The second kappa shape index (κ2) is 8.29. The minimum Gasteiger partial charge on any atom is -0.440 e. The molecule has 0 saturated heterocycles. The predicted octanol–water partition coefficient (Wildman–Crippen LogP) is 2.72. The molecule has 0 aliphatic carbocycles. The summed E-state index contributed by atoms with van der Waals surface area (Å²) in [4.78, 5) is 16.3. The number of rotatable bonds is 6. The van der Waals surface area contributed by atoms with Gasteiger partial charge in [-0.1, -0.05) is 20.8 Å². The molecule has 2 N–H and O–H groups in total. The maximum absolute atomic E-state index is 11.8. The Morgan fingerprint density at radius 1 is 1.35 bits per heavy atom. The first-order valence-electron chi connectivity index (χ1n) is 7.31. The van der Waals surface area contributed by atoms with Crippen LogP contribution in [0.3, 0.4) is 0 Å². The van der Waals surface area contributed by atoms with Crippen LogP contribution in [0.2, 0.25) is 0 Å². The summed E-state index contributed by atoms with van der Waals surface area (Å²) >= 11 is 0. The maximum Gasteiger partial charge on any atom is 0.238 e. The van der Waals surface area contributed by atoms with Crippen molar-refractivity contribution in [1.82, 2.24) is 10.3 Å². The number of anilines is 1. The zero-order valence-corrected chi connectivity index (χ0v) is 14.8. The molecular weight excluding hydrogens is 318 g/mol. The number of amides is 1. The summed E-state index contributed by atoms with van der Waals surface area (Å²) < 4.78 is 10.6. The highest BCUT2D eigenvalue weighted by Crippen LogP contribution is 2.27. The lowest BCUT2D eigenvalue weighted by molar-refractivity contribution is -0.115. The molecule has 2 rings (SSSR count). The number of methoxy groups -OCH3 is 1. The van der Waals surface area contributed by atoms with Crippen molar-refractivity contribution in [2.45, 2.75) is 26.2 Å². The Morgan fingerprint density at radius 3 is 2.74 bits per heavy atom. The van der Waals surface area contributed by atoms with Crippen molar-refractivity contribution in [2.75, 3.05) is 32.1 Å². The molecule has 0 unspecified atom stereocenters. The number of hydrogen-bond donors (Lipinski definition) is 2. The van der Waals surface area contributed by atoms with Gasteiger partial charge < -0.3 is 19.8 Å². The first-order chi connectivity index (χ1) is 10.4. The highest BCUT2D eigenvalue weighted by atomic mass is 35.5. The van der Waals surface area contributed by atoms with E-state index in [2.05, 4.69) is 15.6 Å². The van der Waals surface area contributed by atoms with E-state index in [4.69, 9.17) is 9.15 Å². The third kappa shape index (κ3) is 5.49. The number of oxazole rings is 1. The maximum atomic E-state index is 11.8. The number of carbonyl (C=O) groups is 1. The van der Waals surface area contributed by atoms with E-state index in [0.29, 0.717) is 24.7 Å². The molecular formula is C16H24ClN3O3. The average Bonchev–Trinajstić information content (AvgIpc) is 2.87. The quantitative estimate of drug-likeness (QED) is 0.790. The molecule has 0 atom stereocenters. The van der Waals surface area contributed by atoms with Gasteiger partial charge in [0.05, 0.1) is 13.2 Å². The number of ether oxygens (including phenoxy) is 1. The highest BCUT2D eigenvalue weighted by Gasteiger charge is 2.21. The van der Waals surface area contributed by atoms with Crippen LogP contribution in [0.4, 0.5) is 5.69 Å². The van der Waals surface area contributed by atoms with Gasteiger partial charge in [-0.05, 0) is 18.2 Å². The third-order valence-electron chi connectivity index (χ3n) is 3.08. The lowest BCUT2D eigenvalue weighted by Crippen LogP contribution is -2.30. The van der Waals surface area contributed by atoms with Crippen LogP contribution in [0.1, 0.15) is 26.7 Å². The highest BCUT2D eigenvalue weighted by molar-refractivity contribution is 5.94. The molecule has 6 nitrogen and oxygen atoms in total. The molecule has 0 aliphatic rings. The van der Waals surface area contributed by atoms with Gasteiger partial charge in [0, 0.05) is 24.8 Å². The summed E-state index contributed by atoms with van der Waals surface area (Å²) in [5, 5.41) is 5.83. The topological polar surface area (TPSA) is 76.4 Å². The Labute approximate surface area is 142 Å². The minimum atomic E-state index is -0.145. The number of carbonyl (C=O) groups excluding carboxylic acids is 1. The first kappa shape index (κ1) is 19.4. The van der Waals surface area contributed by atoms with E-state index in [0.717, 1.165) is 11.1 Å². The zero-order valence-electron chi connectivity index (χ0n) is 13.9. The smallest absolute Gasteiger partial charge is 0.238 e. The lowest BCUT2D eigenvalue weighted by Gasteiger charge is -2.11. The van der Waals surface area contributed by atoms with E-state index < -0.39 is 0 Å². The molecule has 1 aromatic carbocycles. The van der Waals surface area contributed by atoms with Crippen LogP contribution in [0.5, 0.6) is 0 Å². The molecule has 0 spiro atoms. The number of hydrogen-bond acceptors (Lipinski definition) is 5. The van der Waals surface area contributed by atoms with E-state index in [9.17, 15) is 4.79 Å². The Hall–Kier alpha value is -1.63. The van der Waals surface area contributed by atoms with Crippen LogP contribution in [0.25, 0.3) is 11.1 Å². The Kier molecular flexibility index (Phi) is 7.00. The number of nitrogens with one attached hydrogen (secondary N) is 2. The fourth-order valence-corrected chi connectivity index (χ4v) is 1.91. The molecule has 0 aliphatic heterocycles. The number of benzene rings is 1. The van der Waals surface area contributed by atoms with Gasteiger partial charge in [-0.2, -0.15) is 0 Å². The van der Waals surface area contributed by atoms with Gasteiger partial charge >= 0.3 is 0 Å². The van der Waals surface area contributed by atoms with Crippen molar-refractivity contribution < 1.29 is 13.9 Å². The van der Waals surface area contributed by atoms with Gasteiger partial charge in [-0.3, -0.25) is 4.79 Å².